The van der Waals surface area contributed by atoms with Gasteiger partial charge in [0.2, 0.25) is 5.89 Å². The second kappa shape index (κ2) is 7.88. The van der Waals surface area contributed by atoms with Crippen molar-refractivity contribution in [3.05, 3.63) is 71.1 Å². The number of hydrogen-bond donors (Lipinski definition) is 0. The quantitative estimate of drug-likeness (QED) is 0.584. The summed E-state index contributed by atoms with van der Waals surface area (Å²) in [7, 11) is -3.44. The number of benzene rings is 2. The summed E-state index contributed by atoms with van der Waals surface area (Å²) < 4.78 is 30.1. The minimum atomic E-state index is -3.44. The maximum absolute atomic E-state index is 12.2. The third-order valence-electron chi connectivity index (χ3n) is 3.71. The Morgan fingerprint density at radius 3 is 2.50 bits per heavy atom. The summed E-state index contributed by atoms with van der Waals surface area (Å²) >= 11 is 1.29. The van der Waals surface area contributed by atoms with Crippen LogP contribution in [0, 0.1) is 13.8 Å². The Morgan fingerprint density at radius 1 is 1.04 bits per heavy atom. The second-order valence-electron chi connectivity index (χ2n) is 5.73. The predicted octanol–water partition coefficient (Wildman–Crippen LogP) is 4.43. The molecular formula is C19H18N2O3S2. The fourth-order valence-corrected chi connectivity index (χ4v) is 4.00. The van der Waals surface area contributed by atoms with E-state index in [1.54, 1.807) is 30.3 Å². The van der Waals surface area contributed by atoms with Gasteiger partial charge in [0, 0.05) is 16.7 Å². The molecule has 0 bridgehead atoms. The van der Waals surface area contributed by atoms with Crippen molar-refractivity contribution < 1.29 is 12.8 Å². The third kappa shape index (κ3) is 4.42. The lowest BCUT2D eigenvalue weighted by atomic mass is 10.1. The van der Waals surface area contributed by atoms with Crippen LogP contribution in [-0.2, 0) is 9.84 Å². The van der Waals surface area contributed by atoms with Gasteiger partial charge in [0.15, 0.2) is 9.84 Å². The average Bonchev–Trinajstić information content (AvgIpc) is 3.08. The highest BCUT2D eigenvalue weighted by molar-refractivity contribution is 7.99. The van der Waals surface area contributed by atoms with Crippen molar-refractivity contribution in [2.75, 3.05) is 5.75 Å². The van der Waals surface area contributed by atoms with Crippen LogP contribution in [0.15, 0.2) is 74.6 Å². The SMILES string of the molecule is Cc1ccc(S(=O)(=O)/C=C/CSc2nnc(-c3ccccc3C)o2)cc1. The van der Waals surface area contributed by atoms with Crippen LogP contribution in [0.25, 0.3) is 11.5 Å². The second-order valence-corrected chi connectivity index (χ2v) is 8.53. The molecule has 3 rings (SSSR count). The van der Waals surface area contributed by atoms with Gasteiger partial charge in [0.1, 0.15) is 0 Å². The summed E-state index contributed by atoms with van der Waals surface area (Å²) in [6, 6.07) is 14.5. The molecule has 0 aliphatic rings. The molecule has 1 heterocycles. The normalized spacial score (nSPS) is 11.9. The average molecular weight is 386 g/mol. The highest BCUT2D eigenvalue weighted by Crippen LogP contribution is 2.25. The molecular weight excluding hydrogens is 368 g/mol. The zero-order valence-electron chi connectivity index (χ0n) is 14.4. The van der Waals surface area contributed by atoms with E-state index in [4.69, 9.17) is 4.42 Å². The molecule has 3 aromatic rings. The lowest BCUT2D eigenvalue weighted by Crippen LogP contribution is -1.96. The number of thioether (sulfide) groups is 1. The fourth-order valence-electron chi connectivity index (χ4n) is 2.28. The Morgan fingerprint density at radius 2 is 1.77 bits per heavy atom. The first-order valence-corrected chi connectivity index (χ1v) is 10.5. The molecule has 0 aliphatic heterocycles. The Bertz CT molecular complexity index is 1020. The molecule has 0 aliphatic carbocycles. The summed E-state index contributed by atoms with van der Waals surface area (Å²) in [5.74, 6) is 0.877. The van der Waals surface area contributed by atoms with Crippen LogP contribution >= 0.6 is 11.8 Å². The lowest BCUT2D eigenvalue weighted by molar-refractivity contribution is 0.466. The van der Waals surface area contributed by atoms with Gasteiger partial charge in [-0.2, -0.15) is 0 Å². The van der Waals surface area contributed by atoms with Crippen LogP contribution in [-0.4, -0.2) is 24.4 Å². The number of rotatable bonds is 6. The largest absolute Gasteiger partial charge is 0.411 e. The lowest BCUT2D eigenvalue weighted by Gasteiger charge is -1.99. The molecule has 0 unspecified atom stereocenters. The van der Waals surface area contributed by atoms with E-state index in [1.807, 2.05) is 38.1 Å². The van der Waals surface area contributed by atoms with E-state index >= 15 is 0 Å². The van der Waals surface area contributed by atoms with E-state index in [2.05, 4.69) is 10.2 Å². The number of sulfone groups is 1. The first-order chi connectivity index (χ1) is 12.5. The third-order valence-corrected chi connectivity index (χ3v) is 5.96. The molecule has 0 fully saturated rings. The molecule has 0 atom stereocenters. The van der Waals surface area contributed by atoms with Gasteiger partial charge in [-0.1, -0.05) is 53.7 Å². The van der Waals surface area contributed by atoms with Crippen LogP contribution in [0.2, 0.25) is 0 Å². The van der Waals surface area contributed by atoms with Crippen LogP contribution in [0.4, 0.5) is 0 Å². The smallest absolute Gasteiger partial charge is 0.277 e. The molecule has 0 saturated carbocycles. The summed E-state index contributed by atoms with van der Waals surface area (Å²) in [5.41, 5.74) is 2.96. The standard InChI is InChI=1S/C19H18N2O3S2/c1-14-8-10-16(11-9-14)26(22,23)13-5-12-25-19-21-20-18(24-19)17-7-4-3-6-15(17)2/h3-11,13H,12H2,1-2H3/b13-5+. The van der Waals surface area contributed by atoms with Crippen molar-refractivity contribution in [2.45, 2.75) is 24.0 Å². The Labute approximate surface area is 157 Å². The summed E-state index contributed by atoms with van der Waals surface area (Å²) in [4.78, 5) is 0.281. The molecule has 2 aromatic carbocycles. The van der Waals surface area contributed by atoms with Crippen molar-refractivity contribution in [3.8, 4) is 11.5 Å². The maximum Gasteiger partial charge on any atom is 0.277 e. The Kier molecular flexibility index (Phi) is 5.58. The first-order valence-electron chi connectivity index (χ1n) is 7.96. The van der Waals surface area contributed by atoms with Crippen LogP contribution in [0.5, 0.6) is 0 Å². The van der Waals surface area contributed by atoms with Crippen molar-refractivity contribution in [1.82, 2.24) is 10.2 Å². The molecule has 0 radical (unpaired) electrons. The van der Waals surface area contributed by atoms with E-state index in [9.17, 15) is 8.42 Å². The van der Waals surface area contributed by atoms with Gasteiger partial charge < -0.3 is 4.42 Å². The predicted molar refractivity (Wildman–Crippen MR) is 103 cm³/mol. The van der Waals surface area contributed by atoms with Gasteiger partial charge in [-0.3, -0.25) is 0 Å². The van der Waals surface area contributed by atoms with Gasteiger partial charge in [-0.15, -0.1) is 10.2 Å². The van der Waals surface area contributed by atoms with Crippen molar-refractivity contribution >= 4 is 21.6 Å². The van der Waals surface area contributed by atoms with Gasteiger partial charge >= 0.3 is 0 Å². The van der Waals surface area contributed by atoms with Crippen molar-refractivity contribution in [2.24, 2.45) is 0 Å². The van der Waals surface area contributed by atoms with E-state index < -0.39 is 9.84 Å². The number of aryl methyl sites for hydroxylation is 2. The van der Waals surface area contributed by atoms with Crippen LogP contribution in [0.3, 0.4) is 0 Å². The summed E-state index contributed by atoms with van der Waals surface area (Å²) in [6.45, 7) is 3.89. The molecule has 0 spiro atoms. The zero-order chi connectivity index (χ0) is 18.6. The van der Waals surface area contributed by atoms with Crippen molar-refractivity contribution in [1.29, 1.82) is 0 Å². The topological polar surface area (TPSA) is 73.1 Å². The minimum Gasteiger partial charge on any atom is -0.411 e. The molecule has 0 saturated heterocycles. The first kappa shape index (κ1) is 18.4. The van der Waals surface area contributed by atoms with E-state index in [0.29, 0.717) is 16.9 Å². The van der Waals surface area contributed by atoms with Gasteiger partial charge in [-0.25, -0.2) is 8.42 Å². The summed E-state index contributed by atoms with van der Waals surface area (Å²) in [5, 5.41) is 9.66. The number of aromatic nitrogens is 2. The zero-order valence-corrected chi connectivity index (χ0v) is 16.0. The van der Waals surface area contributed by atoms with E-state index in [-0.39, 0.29) is 4.90 Å². The Balaban J connectivity index is 1.62. The minimum absolute atomic E-state index is 0.281. The van der Waals surface area contributed by atoms with Crippen molar-refractivity contribution in [3.63, 3.8) is 0 Å². The molecule has 1 aromatic heterocycles. The maximum atomic E-state index is 12.2. The molecule has 26 heavy (non-hydrogen) atoms. The molecule has 5 nitrogen and oxygen atoms in total. The molecule has 0 amide bonds. The fraction of sp³-hybridized carbons (Fsp3) is 0.158. The van der Waals surface area contributed by atoms with Crippen LogP contribution < -0.4 is 0 Å². The van der Waals surface area contributed by atoms with Gasteiger partial charge in [-0.05, 0) is 37.6 Å². The number of nitrogens with zero attached hydrogens (tertiary/aromatic N) is 2. The molecule has 134 valence electrons. The highest BCUT2D eigenvalue weighted by Gasteiger charge is 2.11. The number of hydrogen-bond acceptors (Lipinski definition) is 6. The van der Waals surface area contributed by atoms with E-state index in [0.717, 1.165) is 16.7 Å². The van der Waals surface area contributed by atoms with Gasteiger partial charge in [0.05, 0.1) is 4.90 Å². The highest BCUT2D eigenvalue weighted by atomic mass is 32.2. The monoisotopic (exact) mass is 386 g/mol. The van der Waals surface area contributed by atoms with Crippen LogP contribution in [0.1, 0.15) is 11.1 Å². The molecule has 7 heteroatoms. The Hall–Kier alpha value is -2.38. The summed E-state index contributed by atoms with van der Waals surface area (Å²) in [6.07, 6.45) is 1.58. The van der Waals surface area contributed by atoms with E-state index in [1.165, 1.54) is 17.2 Å². The molecule has 0 N–H and O–H groups in total. The van der Waals surface area contributed by atoms with Gasteiger partial charge in [0.25, 0.3) is 5.22 Å².